The Hall–Kier alpha value is -1.63. The summed E-state index contributed by atoms with van der Waals surface area (Å²) in [6, 6.07) is 8.91. The van der Waals surface area contributed by atoms with Crippen LogP contribution in [0, 0.1) is 0 Å². The second kappa shape index (κ2) is 4.93. The van der Waals surface area contributed by atoms with Crippen LogP contribution in [0.4, 0.5) is 0 Å². The van der Waals surface area contributed by atoms with Crippen molar-refractivity contribution >= 4 is 5.78 Å². The molecular formula is C11H9N4NaO2. The van der Waals surface area contributed by atoms with Crippen molar-refractivity contribution in [3.63, 3.8) is 0 Å². The fraction of sp³-hybridized carbons (Fsp3) is 0. The molecule has 2 aromatic heterocycles. The van der Waals surface area contributed by atoms with E-state index < -0.39 is 5.56 Å². The molecule has 2 N–H and O–H groups in total. The maximum absolute atomic E-state index is 11.9. The molecular weight excluding hydrogens is 243 g/mol. The summed E-state index contributed by atoms with van der Waals surface area (Å²) < 4.78 is 1.18. The van der Waals surface area contributed by atoms with Crippen LogP contribution in [0.25, 0.3) is 16.9 Å². The molecule has 0 radical (unpaired) electrons. The Morgan fingerprint density at radius 2 is 2.00 bits per heavy atom. The van der Waals surface area contributed by atoms with E-state index >= 15 is 0 Å². The smallest absolute Gasteiger partial charge is 1.00 e. The molecule has 0 fully saturated rings. The quantitative estimate of drug-likeness (QED) is 0.486. The SMILES string of the molecule is O=c1[nH]c2ncnn2c(O)c1-c1ccccc1.[H-].[Na+]. The van der Waals surface area contributed by atoms with Crippen LogP contribution in [0.15, 0.2) is 41.5 Å². The molecule has 0 unspecified atom stereocenters. The zero-order valence-electron chi connectivity index (χ0n) is 10.7. The Balaban J connectivity index is 0.000000902. The third-order valence-electron chi connectivity index (χ3n) is 2.49. The average Bonchev–Trinajstić information content (AvgIpc) is 2.78. The van der Waals surface area contributed by atoms with E-state index in [1.165, 1.54) is 10.8 Å². The van der Waals surface area contributed by atoms with E-state index in [1.54, 1.807) is 24.3 Å². The fourth-order valence-corrected chi connectivity index (χ4v) is 1.72. The van der Waals surface area contributed by atoms with Crippen LogP contribution < -0.4 is 35.1 Å². The number of aromatic hydroxyl groups is 1. The molecule has 6 nitrogen and oxygen atoms in total. The molecule has 0 saturated carbocycles. The minimum Gasteiger partial charge on any atom is -1.00 e. The van der Waals surface area contributed by atoms with Crippen LogP contribution in [0.3, 0.4) is 0 Å². The largest absolute Gasteiger partial charge is 1.00 e. The molecule has 2 heterocycles. The van der Waals surface area contributed by atoms with Gasteiger partial charge in [-0.2, -0.15) is 14.6 Å². The topological polar surface area (TPSA) is 83.3 Å². The molecule has 0 amide bonds. The summed E-state index contributed by atoms with van der Waals surface area (Å²) in [7, 11) is 0. The van der Waals surface area contributed by atoms with E-state index in [4.69, 9.17) is 0 Å². The van der Waals surface area contributed by atoms with Crippen LogP contribution in [0.5, 0.6) is 5.88 Å². The Morgan fingerprint density at radius 1 is 1.28 bits per heavy atom. The number of nitrogens with zero attached hydrogens (tertiary/aromatic N) is 3. The first-order valence-electron chi connectivity index (χ1n) is 4.98. The molecule has 0 aliphatic rings. The van der Waals surface area contributed by atoms with Gasteiger partial charge in [0.05, 0.1) is 0 Å². The van der Waals surface area contributed by atoms with E-state index in [0.29, 0.717) is 5.56 Å². The minimum absolute atomic E-state index is 0. The summed E-state index contributed by atoms with van der Waals surface area (Å²) in [6.07, 6.45) is 1.26. The number of hydrogen-bond acceptors (Lipinski definition) is 4. The predicted molar refractivity (Wildman–Crippen MR) is 61.8 cm³/mol. The zero-order chi connectivity index (χ0) is 11.8. The van der Waals surface area contributed by atoms with Crippen molar-refractivity contribution in [3.8, 4) is 17.0 Å². The van der Waals surface area contributed by atoms with Crippen molar-refractivity contribution in [1.29, 1.82) is 0 Å². The molecule has 1 aromatic carbocycles. The summed E-state index contributed by atoms with van der Waals surface area (Å²) in [5, 5.41) is 13.8. The molecule has 0 bridgehead atoms. The molecule has 3 aromatic rings. The van der Waals surface area contributed by atoms with E-state index in [9.17, 15) is 9.90 Å². The van der Waals surface area contributed by atoms with E-state index in [1.807, 2.05) is 6.07 Å². The molecule has 3 rings (SSSR count). The van der Waals surface area contributed by atoms with Crippen molar-refractivity contribution in [2.75, 3.05) is 0 Å². The van der Waals surface area contributed by atoms with Crippen LogP contribution in [-0.4, -0.2) is 24.7 Å². The molecule has 0 aliphatic carbocycles. The number of H-pyrrole nitrogens is 1. The van der Waals surface area contributed by atoms with Gasteiger partial charge in [-0.25, -0.2) is 0 Å². The van der Waals surface area contributed by atoms with Gasteiger partial charge < -0.3 is 6.53 Å². The fourth-order valence-electron chi connectivity index (χ4n) is 1.72. The number of nitrogens with one attached hydrogen (secondary N) is 1. The summed E-state index contributed by atoms with van der Waals surface area (Å²) in [4.78, 5) is 18.2. The molecule has 7 heteroatoms. The molecule has 86 valence electrons. The average molecular weight is 252 g/mol. The number of benzene rings is 1. The maximum atomic E-state index is 11.9. The summed E-state index contributed by atoms with van der Waals surface area (Å²) in [5.74, 6) is -0.000342. The Kier molecular flexibility index (Phi) is 3.51. The molecule has 0 saturated heterocycles. The van der Waals surface area contributed by atoms with Gasteiger partial charge >= 0.3 is 29.6 Å². The van der Waals surface area contributed by atoms with Crippen LogP contribution in [0.1, 0.15) is 1.43 Å². The predicted octanol–water partition coefficient (Wildman–Crippen LogP) is -2.09. The van der Waals surface area contributed by atoms with Crippen molar-refractivity contribution in [1.82, 2.24) is 19.6 Å². The van der Waals surface area contributed by atoms with Gasteiger partial charge in [0.15, 0.2) is 0 Å². The number of aromatic nitrogens is 4. The molecule has 0 atom stereocenters. The monoisotopic (exact) mass is 252 g/mol. The Labute approximate surface area is 125 Å². The van der Waals surface area contributed by atoms with Gasteiger partial charge in [0.1, 0.15) is 11.9 Å². The van der Waals surface area contributed by atoms with Gasteiger partial charge in [0.2, 0.25) is 11.7 Å². The van der Waals surface area contributed by atoms with Crippen molar-refractivity contribution in [3.05, 3.63) is 47.0 Å². The first-order chi connectivity index (χ1) is 8.27. The van der Waals surface area contributed by atoms with Crippen molar-refractivity contribution in [2.24, 2.45) is 0 Å². The van der Waals surface area contributed by atoms with Crippen molar-refractivity contribution in [2.45, 2.75) is 0 Å². The zero-order valence-corrected chi connectivity index (χ0v) is 11.7. The van der Waals surface area contributed by atoms with E-state index in [2.05, 4.69) is 15.1 Å². The normalized spacial score (nSPS) is 10.2. The van der Waals surface area contributed by atoms with Gasteiger partial charge in [-0.3, -0.25) is 9.78 Å². The third-order valence-corrected chi connectivity index (χ3v) is 2.49. The van der Waals surface area contributed by atoms with Gasteiger partial charge in [-0.15, -0.1) is 0 Å². The number of aromatic amines is 1. The molecule has 0 spiro atoms. The summed E-state index contributed by atoms with van der Waals surface area (Å²) in [5.41, 5.74) is 0.418. The first kappa shape index (κ1) is 12.8. The number of hydrogen-bond donors (Lipinski definition) is 2. The standard InChI is InChI=1S/C11H8N4O2.Na.H/c16-9-8(7-4-2-1-3-5-7)10(17)15-11(14-9)12-6-13-15;;/h1-6,17H,(H,12,13,14,16);;/q;+1;-1. The van der Waals surface area contributed by atoms with E-state index in [-0.39, 0.29) is 48.2 Å². The van der Waals surface area contributed by atoms with Crippen LogP contribution in [-0.2, 0) is 0 Å². The minimum atomic E-state index is -0.394. The number of rotatable bonds is 1. The van der Waals surface area contributed by atoms with Gasteiger partial charge in [0, 0.05) is 0 Å². The third kappa shape index (κ3) is 1.94. The van der Waals surface area contributed by atoms with E-state index in [0.717, 1.165) is 0 Å². The Bertz CT molecular complexity index is 741. The van der Waals surface area contributed by atoms with Gasteiger partial charge in [-0.1, -0.05) is 30.3 Å². The maximum Gasteiger partial charge on any atom is 1.00 e. The molecule has 18 heavy (non-hydrogen) atoms. The van der Waals surface area contributed by atoms with Gasteiger partial charge in [-0.05, 0) is 5.56 Å². The van der Waals surface area contributed by atoms with Crippen LogP contribution in [0.2, 0.25) is 0 Å². The van der Waals surface area contributed by atoms with Crippen LogP contribution >= 0.6 is 0 Å². The Morgan fingerprint density at radius 3 is 2.72 bits per heavy atom. The number of fused-ring (bicyclic) bond motifs is 1. The molecule has 0 aliphatic heterocycles. The van der Waals surface area contributed by atoms with Gasteiger partial charge in [0.25, 0.3) is 5.56 Å². The summed E-state index contributed by atoms with van der Waals surface area (Å²) in [6.45, 7) is 0. The van der Waals surface area contributed by atoms with Crippen molar-refractivity contribution < 1.29 is 36.1 Å². The second-order valence-corrected chi connectivity index (χ2v) is 3.51. The summed E-state index contributed by atoms with van der Waals surface area (Å²) >= 11 is 0. The second-order valence-electron chi connectivity index (χ2n) is 3.51. The first-order valence-corrected chi connectivity index (χ1v) is 4.98.